The third-order valence-electron chi connectivity index (χ3n) is 4.97. The van der Waals surface area contributed by atoms with Gasteiger partial charge in [0.05, 0.1) is 5.69 Å². The minimum Gasteiger partial charge on any atom is -0.372 e. The Morgan fingerprint density at radius 3 is 2.19 bits per heavy atom. The molecule has 0 saturated carbocycles. The van der Waals surface area contributed by atoms with Crippen LogP contribution in [0.5, 0.6) is 0 Å². The van der Waals surface area contributed by atoms with Gasteiger partial charge in [0.25, 0.3) is 5.91 Å². The highest BCUT2D eigenvalue weighted by atomic mass is 19.4. The van der Waals surface area contributed by atoms with Crippen molar-refractivity contribution in [2.24, 2.45) is 0 Å². The van der Waals surface area contributed by atoms with E-state index in [2.05, 4.69) is 34.1 Å². The lowest BCUT2D eigenvalue weighted by Crippen LogP contribution is -2.21. The molecule has 0 bridgehead atoms. The van der Waals surface area contributed by atoms with Crippen LogP contribution in [0.15, 0.2) is 36.4 Å². The summed E-state index contributed by atoms with van der Waals surface area (Å²) in [5, 5.41) is 6.57. The zero-order chi connectivity index (χ0) is 23.0. The standard InChI is InChI=1S/C22H26F3N5O/c1-6-29(7-2)15-10-8-14(9-11-15)26-20(31)16-12-19-27-17(21(3,4)5)13-18(22(23,24)25)30(19)28-16/h8-13H,6-7H2,1-5H3,(H,26,31). The molecule has 1 aromatic carbocycles. The molecule has 0 radical (unpaired) electrons. The first-order chi connectivity index (χ1) is 14.4. The number of fused-ring (bicyclic) bond motifs is 1. The SMILES string of the molecule is CCN(CC)c1ccc(NC(=O)c2cc3nc(C(C)(C)C)cc(C(F)(F)F)n3n2)cc1. The lowest BCUT2D eigenvalue weighted by atomic mass is 9.91. The summed E-state index contributed by atoms with van der Waals surface area (Å²) in [7, 11) is 0. The maximum absolute atomic E-state index is 13.6. The van der Waals surface area contributed by atoms with Gasteiger partial charge in [-0.15, -0.1) is 0 Å². The van der Waals surface area contributed by atoms with Crippen molar-refractivity contribution in [2.75, 3.05) is 23.3 Å². The largest absolute Gasteiger partial charge is 0.433 e. The van der Waals surface area contributed by atoms with Gasteiger partial charge in [-0.05, 0) is 44.2 Å². The van der Waals surface area contributed by atoms with Crippen molar-refractivity contribution < 1.29 is 18.0 Å². The van der Waals surface area contributed by atoms with E-state index in [-0.39, 0.29) is 17.0 Å². The zero-order valence-corrected chi connectivity index (χ0v) is 18.2. The fraction of sp³-hybridized carbons (Fsp3) is 0.409. The topological polar surface area (TPSA) is 62.5 Å². The first-order valence-electron chi connectivity index (χ1n) is 10.1. The molecule has 9 heteroatoms. The predicted molar refractivity (Wildman–Crippen MR) is 115 cm³/mol. The fourth-order valence-corrected chi connectivity index (χ4v) is 3.21. The van der Waals surface area contributed by atoms with Gasteiger partial charge < -0.3 is 10.2 Å². The first kappa shape index (κ1) is 22.6. The summed E-state index contributed by atoms with van der Waals surface area (Å²) in [6.07, 6.45) is -4.64. The van der Waals surface area contributed by atoms with Crippen molar-refractivity contribution in [1.82, 2.24) is 14.6 Å². The Labute approximate surface area is 179 Å². The number of nitrogens with one attached hydrogen (secondary N) is 1. The van der Waals surface area contributed by atoms with Crippen molar-refractivity contribution in [2.45, 2.75) is 46.2 Å². The maximum atomic E-state index is 13.6. The number of hydrogen-bond acceptors (Lipinski definition) is 4. The highest BCUT2D eigenvalue weighted by molar-refractivity contribution is 6.03. The van der Waals surface area contributed by atoms with E-state index in [0.29, 0.717) is 10.2 Å². The van der Waals surface area contributed by atoms with Crippen LogP contribution in [-0.2, 0) is 11.6 Å². The molecule has 0 spiro atoms. The molecular weight excluding hydrogens is 407 g/mol. The van der Waals surface area contributed by atoms with Crippen LogP contribution in [0.3, 0.4) is 0 Å². The third-order valence-corrected chi connectivity index (χ3v) is 4.97. The summed E-state index contributed by atoms with van der Waals surface area (Å²) in [5.41, 5.74) is 0.0813. The average molecular weight is 433 g/mol. The average Bonchev–Trinajstić information content (AvgIpc) is 3.12. The molecule has 0 unspecified atom stereocenters. The maximum Gasteiger partial charge on any atom is 0.433 e. The highest BCUT2D eigenvalue weighted by Crippen LogP contribution is 2.32. The molecule has 31 heavy (non-hydrogen) atoms. The van der Waals surface area contributed by atoms with Crippen LogP contribution < -0.4 is 10.2 Å². The van der Waals surface area contributed by atoms with Gasteiger partial charge in [0.1, 0.15) is 5.69 Å². The number of nitrogens with zero attached hydrogens (tertiary/aromatic N) is 4. The van der Waals surface area contributed by atoms with Gasteiger partial charge in [-0.2, -0.15) is 18.3 Å². The number of hydrogen-bond donors (Lipinski definition) is 1. The zero-order valence-electron chi connectivity index (χ0n) is 18.2. The Hall–Kier alpha value is -3.10. The quantitative estimate of drug-likeness (QED) is 0.605. The Morgan fingerprint density at radius 1 is 1.06 bits per heavy atom. The summed E-state index contributed by atoms with van der Waals surface area (Å²) in [6, 6.07) is 9.50. The van der Waals surface area contributed by atoms with Crippen LogP contribution in [-0.4, -0.2) is 33.6 Å². The lowest BCUT2D eigenvalue weighted by molar-refractivity contribution is -0.142. The molecular formula is C22H26F3N5O. The van der Waals surface area contributed by atoms with Gasteiger partial charge in [-0.25, -0.2) is 9.50 Å². The van der Waals surface area contributed by atoms with E-state index in [1.165, 1.54) is 6.07 Å². The minimum atomic E-state index is -4.64. The summed E-state index contributed by atoms with van der Waals surface area (Å²) in [6.45, 7) is 11.1. The molecule has 0 aliphatic rings. The van der Waals surface area contributed by atoms with E-state index in [4.69, 9.17) is 0 Å². The number of carbonyl (C=O) groups is 1. The monoisotopic (exact) mass is 433 g/mol. The molecule has 3 aromatic rings. The first-order valence-corrected chi connectivity index (χ1v) is 10.1. The van der Waals surface area contributed by atoms with Crippen LogP contribution in [0.25, 0.3) is 5.65 Å². The number of anilines is 2. The Balaban J connectivity index is 1.93. The van der Waals surface area contributed by atoms with Crippen molar-refractivity contribution in [3.05, 3.63) is 53.5 Å². The van der Waals surface area contributed by atoms with Crippen molar-refractivity contribution in [1.29, 1.82) is 0 Å². The summed E-state index contributed by atoms with van der Waals surface area (Å²) >= 11 is 0. The third kappa shape index (κ3) is 4.81. The molecule has 3 rings (SSSR count). The molecule has 0 atom stereocenters. The van der Waals surface area contributed by atoms with E-state index in [0.717, 1.165) is 24.8 Å². The second-order valence-corrected chi connectivity index (χ2v) is 8.25. The smallest absolute Gasteiger partial charge is 0.372 e. The van der Waals surface area contributed by atoms with Crippen LogP contribution >= 0.6 is 0 Å². The number of aromatic nitrogens is 3. The Morgan fingerprint density at radius 2 is 1.68 bits per heavy atom. The number of halogens is 3. The second kappa shape index (κ2) is 8.20. The molecule has 1 N–H and O–H groups in total. The number of rotatable bonds is 5. The summed E-state index contributed by atoms with van der Waals surface area (Å²) in [4.78, 5) is 19.1. The van der Waals surface area contributed by atoms with Crippen LogP contribution in [0, 0.1) is 0 Å². The van der Waals surface area contributed by atoms with Gasteiger partial charge in [0.15, 0.2) is 11.3 Å². The van der Waals surface area contributed by atoms with Crippen molar-refractivity contribution in [3.63, 3.8) is 0 Å². The van der Waals surface area contributed by atoms with E-state index in [9.17, 15) is 18.0 Å². The molecule has 0 saturated heterocycles. The van der Waals surface area contributed by atoms with E-state index in [1.807, 2.05) is 12.1 Å². The van der Waals surface area contributed by atoms with Crippen LogP contribution in [0.2, 0.25) is 0 Å². The number of benzene rings is 1. The molecule has 0 fully saturated rings. The molecule has 2 aromatic heterocycles. The van der Waals surface area contributed by atoms with E-state index < -0.39 is 23.2 Å². The predicted octanol–water partition coefficient (Wildman–Crippen LogP) is 5.14. The highest BCUT2D eigenvalue weighted by Gasteiger charge is 2.36. The van der Waals surface area contributed by atoms with Gasteiger partial charge in [0.2, 0.25) is 0 Å². The van der Waals surface area contributed by atoms with Crippen LogP contribution in [0.4, 0.5) is 24.5 Å². The van der Waals surface area contributed by atoms with Crippen molar-refractivity contribution in [3.8, 4) is 0 Å². The Kier molecular flexibility index (Phi) is 5.98. The van der Waals surface area contributed by atoms with Gasteiger partial charge in [-0.1, -0.05) is 20.8 Å². The normalized spacial score (nSPS) is 12.3. The lowest BCUT2D eigenvalue weighted by Gasteiger charge is -2.21. The summed E-state index contributed by atoms with van der Waals surface area (Å²) < 4.78 is 41.5. The van der Waals surface area contributed by atoms with E-state index >= 15 is 0 Å². The fourth-order valence-electron chi connectivity index (χ4n) is 3.21. The molecule has 0 aliphatic carbocycles. The molecule has 0 aliphatic heterocycles. The van der Waals surface area contributed by atoms with Gasteiger partial charge in [-0.3, -0.25) is 4.79 Å². The van der Waals surface area contributed by atoms with E-state index in [1.54, 1.807) is 32.9 Å². The number of carbonyl (C=O) groups excluding carboxylic acids is 1. The molecule has 1 amide bonds. The molecule has 2 heterocycles. The minimum absolute atomic E-state index is 0.0261. The second-order valence-electron chi connectivity index (χ2n) is 8.25. The van der Waals surface area contributed by atoms with Crippen molar-refractivity contribution >= 4 is 22.9 Å². The Bertz CT molecular complexity index is 1080. The molecule has 6 nitrogen and oxygen atoms in total. The molecule has 166 valence electrons. The van der Waals surface area contributed by atoms with Gasteiger partial charge >= 0.3 is 6.18 Å². The number of alkyl halides is 3. The number of amides is 1. The summed E-state index contributed by atoms with van der Waals surface area (Å²) in [5.74, 6) is -0.605. The van der Waals surface area contributed by atoms with Gasteiger partial charge in [0, 0.05) is 35.9 Å². The van der Waals surface area contributed by atoms with Crippen LogP contribution in [0.1, 0.15) is 56.5 Å².